The lowest BCUT2D eigenvalue weighted by atomic mass is 9.92. The molecule has 91 heavy (non-hydrogen) atoms. The van der Waals surface area contributed by atoms with Crippen molar-refractivity contribution in [3.8, 4) is 52.8 Å². The molecule has 0 radical (unpaired) electrons. The van der Waals surface area contributed by atoms with Gasteiger partial charge in [0.1, 0.15) is 6.61 Å². The SMILES string of the molecule is Cc1cc(Cl)c(OC(=O)CCC(=O)N2CCC#C[C@H](CO)[C@@H](CO)C2)c(Cl)c1.Cc1cc(Cl)c(OC(=O)CCCC(=O)N2Cc3ccccc3C#Cc3ccccc32)c(Cl)c1.Cc1cc(Cl)c(OC(=O)COC2Cc3ccccc3C#Cc3ccccc32)c(Cl)c1. The number of aliphatic hydroxyl groups is 2. The second-order valence-electron chi connectivity index (χ2n) is 21.5. The quantitative estimate of drug-likeness (QED) is 0.0569. The first kappa shape index (κ1) is 69.1. The molecule has 3 aliphatic rings. The molecule has 19 heteroatoms. The number of carbonyl (C=O) groups excluding carboxylic acids is 5. The van der Waals surface area contributed by atoms with Gasteiger partial charge in [0.25, 0.3) is 0 Å². The lowest BCUT2D eigenvalue weighted by Gasteiger charge is -2.30. The summed E-state index contributed by atoms with van der Waals surface area (Å²) in [6.07, 6.45) is 1.15. The van der Waals surface area contributed by atoms with Crippen molar-refractivity contribution < 1.29 is 53.1 Å². The number of fused-ring (bicyclic) bond motifs is 4. The van der Waals surface area contributed by atoms with Crippen LogP contribution in [0.4, 0.5) is 5.69 Å². The molecule has 7 aromatic carbocycles. The monoisotopic (exact) mass is 1340 g/mol. The first-order valence-electron chi connectivity index (χ1n) is 29.1. The number of benzene rings is 7. The van der Waals surface area contributed by atoms with Crippen LogP contribution in [-0.2, 0) is 41.7 Å². The fourth-order valence-electron chi connectivity index (χ4n) is 10.0. The summed E-state index contributed by atoms with van der Waals surface area (Å²) in [6.45, 7) is 6.03. The van der Waals surface area contributed by atoms with Gasteiger partial charge in [-0.1, -0.05) is 166 Å². The van der Waals surface area contributed by atoms with Gasteiger partial charge in [0.15, 0.2) is 17.2 Å². The number of ether oxygens (including phenoxy) is 4. The zero-order valence-corrected chi connectivity index (χ0v) is 54.4. The molecule has 0 saturated carbocycles. The summed E-state index contributed by atoms with van der Waals surface area (Å²) in [5, 5.41) is 20.5. The molecule has 2 heterocycles. The minimum absolute atomic E-state index is 0.0463. The molecule has 2 aliphatic heterocycles. The van der Waals surface area contributed by atoms with Crippen molar-refractivity contribution in [2.75, 3.05) is 37.8 Å². The zero-order chi connectivity index (χ0) is 65.1. The molecule has 0 bridgehead atoms. The molecule has 3 atom stereocenters. The second-order valence-corrected chi connectivity index (χ2v) is 23.9. The Morgan fingerprint density at radius 2 is 1.00 bits per heavy atom. The van der Waals surface area contributed by atoms with Crippen LogP contribution in [0.15, 0.2) is 133 Å². The molecule has 0 fully saturated rings. The van der Waals surface area contributed by atoms with E-state index in [1.54, 1.807) is 46.2 Å². The summed E-state index contributed by atoms with van der Waals surface area (Å²) in [4.78, 5) is 66.0. The van der Waals surface area contributed by atoms with E-state index in [9.17, 15) is 34.2 Å². The van der Waals surface area contributed by atoms with Crippen LogP contribution in [0.2, 0.25) is 30.1 Å². The molecule has 0 spiro atoms. The molecule has 7 aromatic rings. The molecule has 468 valence electrons. The van der Waals surface area contributed by atoms with Gasteiger partial charge in [-0.15, -0.1) is 5.92 Å². The van der Waals surface area contributed by atoms with Crippen LogP contribution < -0.4 is 19.1 Å². The third-order valence-corrected chi connectivity index (χ3v) is 16.3. The van der Waals surface area contributed by atoms with Gasteiger partial charge in [0.05, 0.1) is 67.4 Å². The Bertz CT molecular complexity index is 3990. The summed E-state index contributed by atoms with van der Waals surface area (Å²) in [6, 6.07) is 41.2. The van der Waals surface area contributed by atoms with Gasteiger partial charge in [0, 0.05) is 80.0 Å². The number of nitrogens with zero attached hydrogens (tertiary/aromatic N) is 2. The third kappa shape index (κ3) is 19.4. The molecule has 0 aromatic heterocycles. The number of amides is 2. The fraction of sp³-hybridized carbons (Fsp3) is 0.264. The number of esters is 3. The molecule has 0 saturated heterocycles. The van der Waals surface area contributed by atoms with E-state index in [-0.39, 0.29) is 129 Å². The van der Waals surface area contributed by atoms with Crippen molar-refractivity contribution in [2.24, 2.45) is 11.8 Å². The summed E-state index contributed by atoms with van der Waals surface area (Å²) < 4.78 is 22.0. The van der Waals surface area contributed by atoms with Gasteiger partial charge in [0.2, 0.25) is 11.8 Å². The Labute approximate surface area is 559 Å². The fourth-order valence-corrected chi connectivity index (χ4v) is 12.0. The summed E-state index contributed by atoms with van der Waals surface area (Å²) >= 11 is 36.8. The lowest BCUT2D eigenvalue weighted by Crippen LogP contribution is -2.41. The zero-order valence-electron chi connectivity index (χ0n) is 49.9. The third-order valence-electron chi connectivity index (χ3n) is 14.6. The highest BCUT2D eigenvalue weighted by molar-refractivity contribution is 6.38. The van der Waals surface area contributed by atoms with Gasteiger partial charge >= 0.3 is 17.9 Å². The van der Waals surface area contributed by atoms with E-state index in [0.29, 0.717) is 32.4 Å². The summed E-state index contributed by atoms with van der Waals surface area (Å²) in [5.74, 6) is 16.3. The van der Waals surface area contributed by atoms with Crippen molar-refractivity contribution in [3.05, 3.63) is 219 Å². The summed E-state index contributed by atoms with van der Waals surface area (Å²) in [7, 11) is 0. The standard InChI is InChI=1S/C27H21Cl2NO3.C25H18Cl2O3.C20H23Cl2NO5/c1-18-15-22(28)27(23(29)16-18)33-26(32)12-6-11-25(31)30-17-21-9-3-2-7-19(21)13-14-20-8-4-5-10-24(20)30;1-16-12-21(26)25(22(27)13-16)30-24(28)15-29-23-14-19-8-3-2-6-17(19)10-11-18-7-4-5-9-20(18)23;1-13-8-16(21)20(17(22)9-13)28-19(27)6-5-18(26)23-7-3-2-4-14(11-24)15(10-23)12-25/h2-5,7-10,15-16H,6,11-12,17H2,1H3;2-9,12-13,23H,14-15H2,1H3;8-9,14-15,24-25H,3,5-7,10-12H2,1H3/t;;14-,15-/m..1/s1. The molecular formula is C72H62Cl6N2O11. The Kier molecular flexibility index (Phi) is 25.4. The van der Waals surface area contributed by atoms with Gasteiger partial charge in [-0.05, 0) is 127 Å². The number of hydrogen-bond donors (Lipinski definition) is 2. The number of hydrogen-bond acceptors (Lipinski definition) is 11. The van der Waals surface area contributed by atoms with Crippen LogP contribution in [-0.4, -0.2) is 77.7 Å². The van der Waals surface area contributed by atoms with Gasteiger partial charge < -0.3 is 39.0 Å². The highest BCUT2D eigenvalue weighted by Crippen LogP contribution is 2.38. The highest BCUT2D eigenvalue weighted by atomic mass is 35.5. The van der Waals surface area contributed by atoms with Gasteiger partial charge in [-0.2, -0.15) is 0 Å². The van der Waals surface area contributed by atoms with Crippen LogP contribution in [0.25, 0.3) is 0 Å². The predicted octanol–water partition coefficient (Wildman–Crippen LogP) is 14.7. The van der Waals surface area contributed by atoms with E-state index >= 15 is 0 Å². The molecule has 13 nitrogen and oxygen atoms in total. The smallest absolute Gasteiger partial charge is 0.337 e. The highest BCUT2D eigenvalue weighted by Gasteiger charge is 2.28. The minimum Gasteiger partial charge on any atom is -0.423 e. The lowest BCUT2D eigenvalue weighted by molar-refractivity contribution is -0.142. The Morgan fingerprint density at radius 3 is 1.57 bits per heavy atom. The number of anilines is 1. The Hall–Kier alpha value is -7.81. The molecule has 1 aliphatic carbocycles. The summed E-state index contributed by atoms with van der Waals surface area (Å²) in [5.41, 5.74) is 9.90. The van der Waals surface area contributed by atoms with E-state index in [0.717, 1.165) is 61.3 Å². The average Bonchev–Trinajstić information content (AvgIpc) is 0.961. The van der Waals surface area contributed by atoms with Crippen molar-refractivity contribution in [1.29, 1.82) is 0 Å². The van der Waals surface area contributed by atoms with Crippen molar-refractivity contribution in [1.82, 2.24) is 4.90 Å². The number of halogens is 6. The Balaban J connectivity index is 0.000000177. The molecule has 2 amide bonds. The normalized spacial score (nSPS) is 15.0. The van der Waals surface area contributed by atoms with Gasteiger partial charge in [-0.25, -0.2) is 4.79 Å². The van der Waals surface area contributed by atoms with Gasteiger partial charge in [-0.3, -0.25) is 19.2 Å². The minimum atomic E-state index is -0.611. The second kappa shape index (κ2) is 33.5. The van der Waals surface area contributed by atoms with E-state index in [4.69, 9.17) is 88.6 Å². The van der Waals surface area contributed by atoms with Crippen LogP contribution in [0, 0.1) is 68.1 Å². The van der Waals surface area contributed by atoms with Crippen LogP contribution in [0.3, 0.4) is 0 Å². The molecule has 10 rings (SSSR count). The number of rotatable bonds is 15. The number of aryl methyl sites for hydroxylation is 3. The van der Waals surface area contributed by atoms with Crippen LogP contribution in [0.1, 0.15) is 100 Å². The molecule has 2 N–H and O–H groups in total. The Morgan fingerprint density at radius 1 is 0.527 bits per heavy atom. The van der Waals surface area contributed by atoms with E-state index in [1.807, 2.05) is 118 Å². The number of para-hydroxylation sites is 1. The van der Waals surface area contributed by atoms with E-state index in [2.05, 4.69) is 35.5 Å². The maximum Gasteiger partial charge on any atom is 0.337 e. The number of carbonyl (C=O) groups is 5. The van der Waals surface area contributed by atoms with E-state index < -0.39 is 17.9 Å². The maximum atomic E-state index is 13.2. The number of aliphatic hydroxyl groups excluding tert-OH is 2. The topological polar surface area (TPSA) is 169 Å². The van der Waals surface area contributed by atoms with Crippen LogP contribution >= 0.6 is 69.6 Å². The first-order chi connectivity index (χ1) is 43.8. The van der Waals surface area contributed by atoms with Crippen molar-refractivity contribution >= 4 is 105 Å². The van der Waals surface area contributed by atoms with Crippen molar-refractivity contribution in [3.63, 3.8) is 0 Å². The van der Waals surface area contributed by atoms with E-state index in [1.165, 1.54) is 0 Å². The van der Waals surface area contributed by atoms with Crippen molar-refractivity contribution in [2.45, 2.75) is 78.4 Å². The first-order valence-corrected chi connectivity index (χ1v) is 31.3. The molecule has 1 unspecified atom stereocenters. The maximum absolute atomic E-state index is 13.2. The average molecular weight is 1340 g/mol. The molecular weight excluding hydrogens is 1280 g/mol. The predicted molar refractivity (Wildman–Crippen MR) is 355 cm³/mol. The largest absolute Gasteiger partial charge is 0.423 e. The van der Waals surface area contributed by atoms with Crippen LogP contribution in [0.5, 0.6) is 17.2 Å².